The molecule has 0 amide bonds. The van der Waals surface area contributed by atoms with Crippen molar-refractivity contribution in [1.82, 2.24) is 4.90 Å². The lowest BCUT2D eigenvalue weighted by Gasteiger charge is -2.29. The van der Waals surface area contributed by atoms with Crippen molar-refractivity contribution in [3.63, 3.8) is 0 Å². The van der Waals surface area contributed by atoms with Gasteiger partial charge in [0.25, 0.3) is 11.3 Å². The minimum atomic E-state index is -6.08. The smallest absolute Gasteiger partial charge is 0.431 e. The zero-order valence-electron chi connectivity index (χ0n) is 23.7. The van der Waals surface area contributed by atoms with Gasteiger partial charge in [-0.1, -0.05) is 41.4 Å². The summed E-state index contributed by atoms with van der Waals surface area (Å²) in [5, 5.41) is 7.55. The van der Waals surface area contributed by atoms with Gasteiger partial charge in [0, 0.05) is 25.5 Å². The van der Waals surface area contributed by atoms with Crippen molar-refractivity contribution in [1.29, 1.82) is 0 Å². The lowest BCUT2D eigenvalue weighted by Crippen LogP contribution is -2.53. The molecule has 0 aliphatic rings. The maximum Gasteiger partial charge on any atom is 0.431 e. The standard InChI is InChI=1S/C9H9F7O2.C6H7F7O.C6H15N.C3H3ClO.CH4/c1-2-6(17)18-5-3-4-7(10,8(11,12)13)9(14,15)16;7-4(2-1-3-14,5(8,9)10)6(11,12)13;1-4-7(5-2)6-3;1-2-3(4)5;/h2H,1,3-5H2;14H,1-3H2;4-6H2,1-3H3;2H,1H2;1H4. The fourth-order valence-corrected chi connectivity index (χ4v) is 2.43. The Balaban J connectivity index is -0.000000174. The minimum absolute atomic E-state index is 0. The molecule has 0 rings (SSSR count). The Morgan fingerprint density at radius 3 is 1.16 bits per heavy atom. The normalized spacial score (nSPS) is 12.2. The third-order valence-corrected chi connectivity index (χ3v) is 5.21. The average molecular weight is 718 g/mol. The first-order valence-electron chi connectivity index (χ1n) is 12.2. The Labute approximate surface area is 257 Å². The molecule has 0 saturated heterocycles. The lowest BCUT2D eigenvalue weighted by atomic mass is 9.98. The Kier molecular flexibility index (Phi) is 27.0. The van der Waals surface area contributed by atoms with E-state index < -0.39 is 86.2 Å². The minimum Gasteiger partial charge on any atom is -0.463 e. The van der Waals surface area contributed by atoms with Gasteiger partial charge in [0.15, 0.2) is 0 Å². The first-order chi connectivity index (χ1) is 19.6. The Morgan fingerprint density at radius 2 is 0.978 bits per heavy atom. The molecule has 0 atom stereocenters. The van der Waals surface area contributed by atoms with Crippen LogP contribution in [0.5, 0.6) is 0 Å². The fourth-order valence-electron chi connectivity index (χ4n) is 2.43. The van der Waals surface area contributed by atoms with Gasteiger partial charge < -0.3 is 14.7 Å². The van der Waals surface area contributed by atoms with E-state index in [1.54, 1.807) is 0 Å². The molecular formula is C25H38ClF14NO4. The van der Waals surface area contributed by atoms with Gasteiger partial charge in [0.2, 0.25) is 5.24 Å². The van der Waals surface area contributed by atoms with E-state index >= 15 is 0 Å². The quantitative estimate of drug-likeness (QED) is 0.0719. The summed E-state index contributed by atoms with van der Waals surface area (Å²) in [5.41, 5.74) is -10.5. The zero-order chi connectivity index (χ0) is 36.2. The van der Waals surface area contributed by atoms with Crippen molar-refractivity contribution in [2.75, 3.05) is 32.8 Å². The highest BCUT2D eigenvalue weighted by molar-refractivity contribution is 6.66. The van der Waals surface area contributed by atoms with Crippen molar-refractivity contribution >= 4 is 22.8 Å². The summed E-state index contributed by atoms with van der Waals surface area (Å²) in [4.78, 5) is 22.3. The van der Waals surface area contributed by atoms with E-state index in [0.29, 0.717) is 6.08 Å². The SMILES string of the molecule is C.C=CC(=O)Cl.C=CC(=O)OCCCC(F)(C(F)(F)F)C(F)(F)F.CCN(CC)CC.OCCCC(F)(C(F)(F)F)C(F)(F)F. The third-order valence-electron chi connectivity index (χ3n) is 5.06. The number of carbonyl (C=O) groups excluding carboxylic acids is 2. The molecule has 0 radical (unpaired) electrons. The first kappa shape index (κ1) is 52.4. The molecule has 0 fully saturated rings. The summed E-state index contributed by atoms with van der Waals surface area (Å²) >= 11 is 4.71. The molecular weight excluding hydrogens is 680 g/mol. The van der Waals surface area contributed by atoms with Crippen LogP contribution in [0.1, 0.15) is 53.9 Å². The number of alkyl halides is 14. The van der Waals surface area contributed by atoms with Crippen molar-refractivity contribution in [3.05, 3.63) is 25.3 Å². The first-order valence-corrected chi connectivity index (χ1v) is 12.6. The maximum absolute atomic E-state index is 13.0. The Morgan fingerprint density at radius 1 is 0.689 bits per heavy atom. The molecule has 0 saturated carbocycles. The summed E-state index contributed by atoms with van der Waals surface area (Å²) in [6.07, 6.45) is -28.0. The van der Waals surface area contributed by atoms with Crippen LogP contribution in [0.3, 0.4) is 0 Å². The van der Waals surface area contributed by atoms with Crippen molar-refractivity contribution in [2.45, 2.75) is 89.9 Å². The van der Waals surface area contributed by atoms with Crippen molar-refractivity contribution < 1.29 is 80.9 Å². The van der Waals surface area contributed by atoms with Crippen LogP contribution < -0.4 is 0 Å². The number of nitrogens with zero attached hydrogens (tertiary/aromatic N) is 1. The number of allylic oxidation sites excluding steroid dienone is 1. The van der Waals surface area contributed by atoms with Crippen LogP contribution in [0.4, 0.5) is 61.5 Å². The van der Waals surface area contributed by atoms with Crippen LogP contribution in [0.2, 0.25) is 0 Å². The average Bonchev–Trinajstić information content (AvgIpc) is 2.88. The van der Waals surface area contributed by atoms with Gasteiger partial charge in [-0.05, 0) is 50.2 Å². The number of hydrogen-bond donors (Lipinski definition) is 1. The van der Waals surface area contributed by atoms with E-state index in [1.807, 2.05) is 0 Å². The second-order valence-corrected chi connectivity index (χ2v) is 8.40. The largest absolute Gasteiger partial charge is 0.463 e. The summed E-state index contributed by atoms with van der Waals surface area (Å²) in [6, 6.07) is 0. The number of esters is 1. The predicted molar refractivity (Wildman–Crippen MR) is 140 cm³/mol. The number of rotatable bonds is 12. The zero-order valence-corrected chi connectivity index (χ0v) is 24.5. The summed E-state index contributed by atoms with van der Waals surface area (Å²) in [5.74, 6) is -1.02. The number of halogens is 15. The van der Waals surface area contributed by atoms with Crippen molar-refractivity contribution in [3.8, 4) is 0 Å². The molecule has 45 heavy (non-hydrogen) atoms. The van der Waals surface area contributed by atoms with E-state index in [-0.39, 0.29) is 7.43 Å². The maximum atomic E-state index is 13.0. The van der Waals surface area contributed by atoms with Gasteiger partial charge in [-0.2, -0.15) is 52.7 Å². The molecule has 5 nitrogen and oxygen atoms in total. The summed E-state index contributed by atoms with van der Waals surface area (Å²) in [7, 11) is 0. The molecule has 0 aromatic carbocycles. The fraction of sp³-hybridized carbons (Fsp3) is 0.760. The van der Waals surface area contributed by atoms with Crippen LogP contribution in [0.15, 0.2) is 25.3 Å². The van der Waals surface area contributed by atoms with Crippen LogP contribution >= 0.6 is 11.6 Å². The summed E-state index contributed by atoms with van der Waals surface area (Å²) in [6.45, 7) is 14.5. The van der Waals surface area contributed by atoms with Crippen LogP contribution in [0, 0.1) is 0 Å². The van der Waals surface area contributed by atoms with Gasteiger partial charge in [-0.15, -0.1) is 0 Å². The van der Waals surface area contributed by atoms with Crippen molar-refractivity contribution in [2.24, 2.45) is 0 Å². The Hall–Kier alpha value is -2.15. The van der Waals surface area contributed by atoms with Gasteiger partial charge in [0.1, 0.15) is 0 Å². The van der Waals surface area contributed by atoms with E-state index in [0.717, 1.165) is 6.08 Å². The second-order valence-electron chi connectivity index (χ2n) is 8.02. The van der Waals surface area contributed by atoms with E-state index in [1.165, 1.54) is 19.6 Å². The molecule has 0 bridgehead atoms. The highest BCUT2D eigenvalue weighted by Gasteiger charge is 2.72. The number of hydrogen-bond acceptors (Lipinski definition) is 5. The lowest BCUT2D eigenvalue weighted by molar-refractivity contribution is -0.344. The molecule has 0 aromatic rings. The molecule has 0 heterocycles. The van der Waals surface area contributed by atoms with Crippen LogP contribution in [-0.4, -0.2) is 90.1 Å². The topological polar surface area (TPSA) is 66.8 Å². The van der Waals surface area contributed by atoms with Gasteiger partial charge in [-0.25, -0.2) is 13.6 Å². The Bertz CT molecular complexity index is 791. The predicted octanol–water partition coefficient (Wildman–Crippen LogP) is 8.84. The van der Waals surface area contributed by atoms with E-state index in [2.05, 4.69) is 43.6 Å². The molecule has 0 spiro atoms. The third kappa shape index (κ3) is 20.6. The van der Waals surface area contributed by atoms with Gasteiger partial charge >= 0.3 is 30.7 Å². The molecule has 0 unspecified atom stereocenters. The van der Waals surface area contributed by atoms with E-state index in [9.17, 15) is 71.1 Å². The van der Waals surface area contributed by atoms with Crippen LogP contribution in [0.25, 0.3) is 0 Å². The van der Waals surface area contributed by atoms with E-state index in [4.69, 9.17) is 16.7 Å². The van der Waals surface area contributed by atoms with Gasteiger partial charge in [0.05, 0.1) is 6.61 Å². The molecule has 1 N–H and O–H groups in total. The number of ether oxygens (including phenoxy) is 1. The monoisotopic (exact) mass is 717 g/mol. The molecule has 0 aliphatic carbocycles. The highest BCUT2D eigenvalue weighted by Crippen LogP contribution is 2.49. The van der Waals surface area contributed by atoms with Gasteiger partial charge in [-0.3, -0.25) is 4.79 Å². The molecule has 0 aliphatic heterocycles. The molecule has 0 aromatic heterocycles. The number of aliphatic hydroxyl groups excluding tert-OH is 1. The molecule has 272 valence electrons. The second kappa shape index (κ2) is 23.2. The highest BCUT2D eigenvalue weighted by atomic mass is 35.5. The summed E-state index contributed by atoms with van der Waals surface area (Å²) < 4.78 is 172. The molecule has 20 heteroatoms. The number of aliphatic hydroxyl groups is 1. The number of carbonyl (C=O) groups is 2. The van der Waals surface area contributed by atoms with Crippen LogP contribution in [-0.2, 0) is 14.3 Å².